The third-order valence-electron chi connectivity index (χ3n) is 1.85. The normalized spacial score (nSPS) is 9.73. The van der Waals surface area contributed by atoms with Crippen LogP contribution in [0.3, 0.4) is 0 Å². The molecule has 0 amide bonds. The average Bonchev–Trinajstić information content (AvgIpc) is 1.99. The van der Waals surface area contributed by atoms with Crippen molar-refractivity contribution in [1.29, 1.82) is 0 Å². The number of hydrogen-bond donors (Lipinski definition) is 0. The highest BCUT2D eigenvalue weighted by molar-refractivity contribution is 5.78. The number of hydrogen-bond acceptors (Lipinski definition) is 1. The molecule has 1 aromatic rings. The molecule has 0 unspecified atom stereocenters. The SMILES string of the molecule is Cc1ccc(F)c(C=O)c1C. The van der Waals surface area contributed by atoms with Gasteiger partial charge in [0.25, 0.3) is 0 Å². The fourth-order valence-electron chi connectivity index (χ4n) is 0.949. The van der Waals surface area contributed by atoms with E-state index in [9.17, 15) is 9.18 Å². The van der Waals surface area contributed by atoms with E-state index in [4.69, 9.17) is 0 Å². The zero-order chi connectivity index (χ0) is 8.43. The maximum atomic E-state index is 12.8. The van der Waals surface area contributed by atoms with Crippen LogP contribution in [0.5, 0.6) is 0 Å². The molecular weight excluding hydrogens is 143 g/mol. The van der Waals surface area contributed by atoms with Crippen LogP contribution < -0.4 is 0 Å². The topological polar surface area (TPSA) is 17.1 Å². The van der Waals surface area contributed by atoms with Gasteiger partial charge >= 0.3 is 0 Å². The first-order valence-corrected chi connectivity index (χ1v) is 3.37. The summed E-state index contributed by atoms with van der Waals surface area (Å²) >= 11 is 0. The molecule has 1 aromatic carbocycles. The molecule has 0 atom stereocenters. The van der Waals surface area contributed by atoms with E-state index in [1.165, 1.54) is 6.07 Å². The molecule has 0 saturated heterocycles. The zero-order valence-corrected chi connectivity index (χ0v) is 6.52. The molecule has 2 heteroatoms. The lowest BCUT2D eigenvalue weighted by molar-refractivity contribution is 0.111. The van der Waals surface area contributed by atoms with Crippen LogP contribution in [0.4, 0.5) is 4.39 Å². The van der Waals surface area contributed by atoms with E-state index in [-0.39, 0.29) is 5.56 Å². The summed E-state index contributed by atoms with van der Waals surface area (Å²) in [4.78, 5) is 10.4. The van der Waals surface area contributed by atoms with Crippen LogP contribution in [-0.4, -0.2) is 6.29 Å². The highest BCUT2D eigenvalue weighted by atomic mass is 19.1. The smallest absolute Gasteiger partial charge is 0.153 e. The molecule has 0 heterocycles. The van der Waals surface area contributed by atoms with Crippen LogP contribution in [0, 0.1) is 19.7 Å². The number of aryl methyl sites for hydroxylation is 1. The van der Waals surface area contributed by atoms with Gasteiger partial charge in [-0.15, -0.1) is 0 Å². The van der Waals surface area contributed by atoms with Gasteiger partial charge in [-0.2, -0.15) is 0 Å². The van der Waals surface area contributed by atoms with Crippen molar-refractivity contribution in [2.45, 2.75) is 13.8 Å². The fourth-order valence-corrected chi connectivity index (χ4v) is 0.949. The molecule has 0 fully saturated rings. The maximum absolute atomic E-state index is 12.8. The lowest BCUT2D eigenvalue weighted by atomic mass is 10.0. The second kappa shape index (κ2) is 2.82. The molecule has 0 bridgehead atoms. The molecule has 0 saturated carbocycles. The summed E-state index contributed by atoms with van der Waals surface area (Å²) in [7, 11) is 0. The summed E-state index contributed by atoms with van der Waals surface area (Å²) in [5.41, 5.74) is 1.83. The van der Waals surface area contributed by atoms with Crippen LogP contribution in [0.1, 0.15) is 21.5 Å². The number of rotatable bonds is 1. The molecule has 0 radical (unpaired) electrons. The maximum Gasteiger partial charge on any atom is 0.153 e. The Morgan fingerprint density at radius 3 is 2.45 bits per heavy atom. The summed E-state index contributed by atoms with van der Waals surface area (Å²) in [6.07, 6.45) is 0.553. The van der Waals surface area contributed by atoms with Gasteiger partial charge in [-0.25, -0.2) is 4.39 Å². The molecule has 0 aliphatic heterocycles. The second-order valence-corrected chi connectivity index (χ2v) is 2.52. The third-order valence-corrected chi connectivity index (χ3v) is 1.85. The highest BCUT2D eigenvalue weighted by Crippen LogP contribution is 2.14. The Morgan fingerprint density at radius 2 is 2.00 bits per heavy atom. The highest BCUT2D eigenvalue weighted by Gasteiger charge is 2.05. The lowest BCUT2D eigenvalue weighted by Crippen LogP contribution is -1.94. The quantitative estimate of drug-likeness (QED) is 0.564. The van der Waals surface area contributed by atoms with Crippen LogP contribution in [0.2, 0.25) is 0 Å². The van der Waals surface area contributed by atoms with Gasteiger partial charge in [0, 0.05) is 0 Å². The molecule has 0 N–H and O–H groups in total. The van der Waals surface area contributed by atoms with Crippen molar-refractivity contribution >= 4 is 6.29 Å². The van der Waals surface area contributed by atoms with Gasteiger partial charge in [0.1, 0.15) is 5.82 Å². The van der Waals surface area contributed by atoms with Gasteiger partial charge in [-0.1, -0.05) is 6.07 Å². The molecule has 0 aliphatic carbocycles. The first-order chi connectivity index (χ1) is 5.16. The van der Waals surface area contributed by atoms with Crippen LogP contribution in [-0.2, 0) is 0 Å². The predicted molar refractivity (Wildman–Crippen MR) is 41.3 cm³/mol. The summed E-state index contributed by atoms with van der Waals surface area (Å²) in [6, 6.07) is 2.98. The molecular formula is C9H9FO. The lowest BCUT2D eigenvalue weighted by Gasteiger charge is -2.02. The van der Waals surface area contributed by atoms with Gasteiger partial charge in [0.05, 0.1) is 5.56 Å². The van der Waals surface area contributed by atoms with E-state index >= 15 is 0 Å². The van der Waals surface area contributed by atoms with E-state index in [0.29, 0.717) is 6.29 Å². The van der Waals surface area contributed by atoms with Crippen molar-refractivity contribution in [3.8, 4) is 0 Å². The Morgan fingerprint density at radius 1 is 1.36 bits per heavy atom. The van der Waals surface area contributed by atoms with Gasteiger partial charge < -0.3 is 0 Å². The predicted octanol–water partition coefficient (Wildman–Crippen LogP) is 2.26. The minimum absolute atomic E-state index is 0.171. The molecule has 0 aliphatic rings. The van der Waals surface area contributed by atoms with Crippen molar-refractivity contribution in [1.82, 2.24) is 0 Å². The van der Waals surface area contributed by atoms with Crippen molar-refractivity contribution < 1.29 is 9.18 Å². The van der Waals surface area contributed by atoms with E-state index in [1.54, 1.807) is 13.0 Å². The Labute approximate surface area is 64.9 Å². The minimum atomic E-state index is -0.442. The Bertz CT molecular complexity index is 292. The summed E-state index contributed by atoms with van der Waals surface area (Å²) in [5, 5.41) is 0. The molecule has 58 valence electrons. The zero-order valence-electron chi connectivity index (χ0n) is 6.52. The van der Waals surface area contributed by atoms with Crippen LogP contribution in [0.15, 0.2) is 12.1 Å². The summed E-state index contributed by atoms with van der Waals surface area (Å²) < 4.78 is 12.8. The van der Waals surface area contributed by atoms with E-state index in [2.05, 4.69) is 0 Å². The standard InChI is InChI=1S/C9H9FO/c1-6-3-4-9(10)8(5-11)7(6)2/h3-5H,1-2H3. The minimum Gasteiger partial charge on any atom is -0.298 e. The monoisotopic (exact) mass is 152 g/mol. The number of halogens is 1. The second-order valence-electron chi connectivity index (χ2n) is 2.52. The van der Waals surface area contributed by atoms with Gasteiger partial charge in [-0.3, -0.25) is 4.79 Å². The Hall–Kier alpha value is -1.18. The van der Waals surface area contributed by atoms with E-state index < -0.39 is 5.82 Å². The first kappa shape index (κ1) is 7.92. The molecule has 1 nitrogen and oxygen atoms in total. The summed E-state index contributed by atoms with van der Waals surface area (Å²) in [6.45, 7) is 3.59. The number of aldehydes is 1. The Kier molecular flexibility index (Phi) is 2.03. The third kappa shape index (κ3) is 1.29. The number of benzene rings is 1. The summed E-state index contributed by atoms with van der Waals surface area (Å²) in [5.74, 6) is -0.442. The molecule has 1 rings (SSSR count). The van der Waals surface area contributed by atoms with Crippen LogP contribution in [0.25, 0.3) is 0 Å². The van der Waals surface area contributed by atoms with Gasteiger partial charge in [-0.05, 0) is 31.0 Å². The van der Waals surface area contributed by atoms with Gasteiger partial charge in [0.2, 0.25) is 0 Å². The Balaban J connectivity index is 3.40. The van der Waals surface area contributed by atoms with Crippen molar-refractivity contribution in [3.63, 3.8) is 0 Å². The van der Waals surface area contributed by atoms with Crippen LogP contribution >= 0.6 is 0 Å². The van der Waals surface area contributed by atoms with Crippen molar-refractivity contribution in [3.05, 3.63) is 34.6 Å². The van der Waals surface area contributed by atoms with Crippen molar-refractivity contribution in [2.75, 3.05) is 0 Å². The molecule has 0 spiro atoms. The van der Waals surface area contributed by atoms with Crippen molar-refractivity contribution in [2.24, 2.45) is 0 Å². The van der Waals surface area contributed by atoms with Gasteiger partial charge in [0.15, 0.2) is 6.29 Å². The molecule has 11 heavy (non-hydrogen) atoms. The largest absolute Gasteiger partial charge is 0.298 e. The average molecular weight is 152 g/mol. The number of carbonyl (C=O) groups excluding carboxylic acids is 1. The van der Waals surface area contributed by atoms with E-state index in [0.717, 1.165) is 11.1 Å². The first-order valence-electron chi connectivity index (χ1n) is 3.37. The fraction of sp³-hybridized carbons (Fsp3) is 0.222. The number of carbonyl (C=O) groups is 1. The molecule has 0 aromatic heterocycles. The van der Waals surface area contributed by atoms with E-state index in [1.807, 2.05) is 6.92 Å².